The monoisotopic (exact) mass is 285 g/mol. The van der Waals surface area contributed by atoms with E-state index >= 15 is 0 Å². The first-order chi connectivity index (χ1) is 9.35. The summed E-state index contributed by atoms with van der Waals surface area (Å²) < 4.78 is 5.41. The third-order valence-electron chi connectivity index (χ3n) is 3.65. The van der Waals surface area contributed by atoms with Crippen molar-refractivity contribution in [2.45, 2.75) is 40.2 Å². The highest BCUT2D eigenvalue weighted by Gasteiger charge is 2.25. The minimum absolute atomic E-state index is 0.180. The highest BCUT2D eigenvalue weighted by molar-refractivity contribution is 5.68. The normalized spacial score (nSPS) is 17.6. The van der Waals surface area contributed by atoms with Crippen LogP contribution in [0.2, 0.25) is 0 Å². The fourth-order valence-electron chi connectivity index (χ4n) is 2.30. The van der Waals surface area contributed by atoms with E-state index in [9.17, 15) is 4.79 Å². The number of amides is 1. The number of hydrogen-bond donors (Lipinski definition) is 0. The zero-order valence-corrected chi connectivity index (χ0v) is 13.8. The average molecular weight is 285 g/mol. The van der Waals surface area contributed by atoms with Gasteiger partial charge in [0.15, 0.2) is 0 Å². The smallest absolute Gasteiger partial charge is 0.410 e. The number of rotatable bonds is 5. The molecule has 1 rings (SSSR count). The van der Waals surface area contributed by atoms with Crippen LogP contribution in [0.15, 0.2) is 0 Å². The summed E-state index contributed by atoms with van der Waals surface area (Å²) in [6.45, 7) is 18.0. The predicted octanol–water partition coefficient (Wildman–Crippen LogP) is 1.88. The molecule has 5 nitrogen and oxygen atoms in total. The first-order valence-corrected chi connectivity index (χ1v) is 7.78. The Hall–Kier alpha value is -0.810. The van der Waals surface area contributed by atoms with Crippen molar-refractivity contribution >= 4 is 6.09 Å². The lowest BCUT2D eigenvalue weighted by molar-refractivity contribution is 0.0139. The topological polar surface area (TPSA) is 36.0 Å². The molecule has 0 unspecified atom stereocenters. The lowest BCUT2D eigenvalue weighted by atomic mass is 10.2. The number of carbonyl (C=O) groups excluding carboxylic acids is 1. The van der Waals surface area contributed by atoms with Crippen molar-refractivity contribution in [3.63, 3.8) is 0 Å². The van der Waals surface area contributed by atoms with Gasteiger partial charge in [0.2, 0.25) is 0 Å². The third-order valence-corrected chi connectivity index (χ3v) is 3.65. The van der Waals surface area contributed by atoms with Gasteiger partial charge in [-0.2, -0.15) is 0 Å². The molecular weight excluding hydrogens is 254 g/mol. The maximum absolute atomic E-state index is 12.0. The molecule has 0 saturated carbocycles. The molecule has 1 heterocycles. The van der Waals surface area contributed by atoms with Crippen LogP contribution in [-0.4, -0.2) is 78.8 Å². The zero-order valence-electron chi connectivity index (χ0n) is 13.8. The molecule has 1 aliphatic heterocycles. The average Bonchev–Trinajstić information content (AvgIpc) is 2.38. The maximum Gasteiger partial charge on any atom is 0.410 e. The maximum atomic E-state index is 12.0. The molecule has 0 aliphatic carbocycles. The summed E-state index contributed by atoms with van der Waals surface area (Å²) in [7, 11) is 0. The molecule has 0 spiro atoms. The van der Waals surface area contributed by atoms with Gasteiger partial charge in [0.1, 0.15) is 5.60 Å². The Morgan fingerprint density at radius 3 is 2.10 bits per heavy atom. The van der Waals surface area contributed by atoms with E-state index in [4.69, 9.17) is 4.74 Å². The molecule has 1 saturated heterocycles. The fraction of sp³-hybridized carbons (Fsp3) is 0.933. The van der Waals surface area contributed by atoms with Crippen LogP contribution >= 0.6 is 0 Å². The first-order valence-electron chi connectivity index (χ1n) is 7.78. The van der Waals surface area contributed by atoms with Crippen LogP contribution < -0.4 is 0 Å². The molecule has 1 fully saturated rings. The Morgan fingerprint density at radius 2 is 1.65 bits per heavy atom. The van der Waals surface area contributed by atoms with Crippen molar-refractivity contribution < 1.29 is 9.53 Å². The number of likely N-dealkylation sites (N-methyl/N-ethyl adjacent to an activating group) is 1. The van der Waals surface area contributed by atoms with E-state index in [0.29, 0.717) is 0 Å². The quantitative estimate of drug-likeness (QED) is 0.773. The van der Waals surface area contributed by atoms with Gasteiger partial charge in [-0.25, -0.2) is 4.79 Å². The number of carbonyl (C=O) groups is 1. The lowest BCUT2D eigenvalue weighted by Gasteiger charge is -2.36. The van der Waals surface area contributed by atoms with Crippen molar-refractivity contribution in [1.82, 2.24) is 14.7 Å². The standard InChI is InChI=1S/C15H31N3O2/c1-6-16(7-2)8-9-17-10-12-18(13-11-17)14(19)20-15(3,4)5/h6-13H2,1-5H3. The first kappa shape index (κ1) is 17.2. The summed E-state index contributed by atoms with van der Waals surface area (Å²) in [5, 5.41) is 0. The summed E-state index contributed by atoms with van der Waals surface area (Å²) in [6, 6.07) is 0. The second kappa shape index (κ2) is 7.84. The molecule has 0 radical (unpaired) electrons. The SMILES string of the molecule is CCN(CC)CCN1CCN(C(=O)OC(C)(C)C)CC1. The van der Waals surface area contributed by atoms with Gasteiger partial charge in [-0.15, -0.1) is 0 Å². The Bertz CT molecular complexity index is 290. The van der Waals surface area contributed by atoms with Gasteiger partial charge in [0, 0.05) is 39.3 Å². The summed E-state index contributed by atoms with van der Waals surface area (Å²) >= 11 is 0. The molecule has 5 heteroatoms. The molecule has 118 valence electrons. The van der Waals surface area contributed by atoms with Crippen LogP contribution in [0.1, 0.15) is 34.6 Å². The van der Waals surface area contributed by atoms with Crippen LogP contribution in [0.4, 0.5) is 4.79 Å². The molecule has 0 atom stereocenters. The molecular formula is C15H31N3O2. The molecule has 1 amide bonds. The molecule has 0 bridgehead atoms. The van der Waals surface area contributed by atoms with Gasteiger partial charge in [0.05, 0.1) is 0 Å². The molecule has 1 aliphatic rings. The van der Waals surface area contributed by atoms with Gasteiger partial charge >= 0.3 is 6.09 Å². The van der Waals surface area contributed by atoms with Crippen molar-refractivity contribution in [3.05, 3.63) is 0 Å². The molecule has 0 aromatic carbocycles. The number of ether oxygens (including phenoxy) is 1. The van der Waals surface area contributed by atoms with Crippen molar-refractivity contribution in [1.29, 1.82) is 0 Å². The third kappa shape index (κ3) is 6.09. The van der Waals surface area contributed by atoms with Crippen LogP contribution in [0.5, 0.6) is 0 Å². The molecule has 0 aromatic heterocycles. The van der Waals surface area contributed by atoms with E-state index in [0.717, 1.165) is 52.4 Å². The largest absolute Gasteiger partial charge is 0.444 e. The Labute approximate surface area is 123 Å². The Balaban J connectivity index is 2.28. The van der Waals surface area contributed by atoms with Crippen LogP contribution in [0, 0.1) is 0 Å². The number of piperazine rings is 1. The van der Waals surface area contributed by atoms with Crippen LogP contribution in [-0.2, 0) is 4.74 Å². The van der Waals surface area contributed by atoms with Gasteiger partial charge in [-0.05, 0) is 33.9 Å². The van der Waals surface area contributed by atoms with Crippen molar-refractivity contribution in [2.24, 2.45) is 0 Å². The van der Waals surface area contributed by atoms with E-state index in [-0.39, 0.29) is 6.09 Å². The summed E-state index contributed by atoms with van der Waals surface area (Å²) in [4.78, 5) is 18.6. The Morgan fingerprint density at radius 1 is 1.10 bits per heavy atom. The van der Waals surface area contributed by atoms with Gasteiger partial charge in [0.25, 0.3) is 0 Å². The van der Waals surface area contributed by atoms with Crippen molar-refractivity contribution in [2.75, 3.05) is 52.4 Å². The zero-order chi connectivity index (χ0) is 15.2. The van der Waals surface area contributed by atoms with E-state index in [1.807, 2.05) is 25.7 Å². The van der Waals surface area contributed by atoms with Crippen LogP contribution in [0.3, 0.4) is 0 Å². The van der Waals surface area contributed by atoms with Gasteiger partial charge < -0.3 is 14.5 Å². The fourth-order valence-corrected chi connectivity index (χ4v) is 2.30. The van der Waals surface area contributed by atoms with Crippen LogP contribution in [0.25, 0.3) is 0 Å². The molecule has 0 N–H and O–H groups in total. The minimum Gasteiger partial charge on any atom is -0.444 e. The Kier molecular flexibility index (Phi) is 6.76. The minimum atomic E-state index is -0.406. The number of hydrogen-bond acceptors (Lipinski definition) is 4. The summed E-state index contributed by atoms with van der Waals surface area (Å²) in [5.74, 6) is 0. The van der Waals surface area contributed by atoms with Gasteiger partial charge in [-0.3, -0.25) is 4.90 Å². The summed E-state index contributed by atoms with van der Waals surface area (Å²) in [5.41, 5.74) is -0.406. The second-order valence-corrected chi connectivity index (χ2v) is 6.34. The van der Waals surface area contributed by atoms with Gasteiger partial charge in [-0.1, -0.05) is 13.8 Å². The highest BCUT2D eigenvalue weighted by Crippen LogP contribution is 2.11. The summed E-state index contributed by atoms with van der Waals surface area (Å²) in [6.07, 6.45) is -0.180. The molecule has 20 heavy (non-hydrogen) atoms. The number of nitrogens with zero attached hydrogens (tertiary/aromatic N) is 3. The second-order valence-electron chi connectivity index (χ2n) is 6.34. The van der Waals surface area contributed by atoms with E-state index < -0.39 is 5.60 Å². The lowest BCUT2D eigenvalue weighted by Crippen LogP contribution is -2.51. The van der Waals surface area contributed by atoms with E-state index in [1.54, 1.807) is 0 Å². The van der Waals surface area contributed by atoms with Crippen molar-refractivity contribution in [3.8, 4) is 0 Å². The van der Waals surface area contributed by atoms with E-state index in [1.165, 1.54) is 0 Å². The highest BCUT2D eigenvalue weighted by atomic mass is 16.6. The molecule has 0 aromatic rings. The van der Waals surface area contributed by atoms with E-state index in [2.05, 4.69) is 23.6 Å². The predicted molar refractivity (Wildman–Crippen MR) is 82.0 cm³/mol.